The minimum Gasteiger partial charge on any atom is -0.463 e. The summed E-state index contributed by atoms with van der Waals surface area (Å²) in [6.45, 7) is 3.40. The van der Waals surface area contributed by atoms with Crippen LogP contribution in [0.3, 0.4) is 0 Å². The molecule has 208 valence electrons. The van der Waals surface area contributed by atoms with E-state index in [1.807, 2.05) is 0 Å². The van der Waals surface area contributed by atoms with Gasteiger partial charge in [-0.2, -0.15) is 5.10 Å². The van der Waals surface area contributed by atoms with Crippen LogP contribution in [-0.2, 0) is 33.3 Å². The maximum Gasteiger partial charge on any atom is 0.303 e. The van der Waals surface area contributed by atoms with Gasteiger partial charge in [-0.1, -0.05) is 18.2 Å². The molecule has 4 heterocycles. The van der Waals surface area contributed by atoms with Gasteiger partial charge in [0.05, 0.1) is 10.9 Å². The number of amides is 1. The molecule has 1 aromatic carbocycles. The predicted molar refractivity (Wildman–Crippen MR) is 138 cm³/mol. The first-order chi connectivity index (χ1) is 19.1. The molecule has 0 aliphatic carbocycles. The zero-order valence-electron chi connectivity index (χ0n) is 22.1. The highest BCUT2D eigenvalue weighted by Crippen LogP contribution is 2.39. The van der Waals surface area contributed by atoms with Crippen molar-refractivity contribution in [3.8, 4) is 0 Å². The topological polar surface area (TPSA) is 164 Å². The summed E-state index contributed by atoms with van der Waals surface area (Å²) in [5.74, 6) is -1.52. The molecular weight excluding hydrogens is 524 g/mol. The van der Waals surface area contributed by atoms with Crippen molar-refractivity contribution in [1.82, 2.24) is 19.9 Å². The summed E-state index contributed by atoms with van der Waals surface area (Å²) in [7, 11) is 1.68. The van der Waals surface area contributed by atoms with Crippen molar-refractivity contribution < 1.29 is 38.1 Å². The molecule has 0 spiro atoms. The van der Waals surface area contributed by atoms with Crippen LogP contribution >= 0.6 is 0 Å². The zero-order chi connectivity index (χ0) is 28.6. The SMILES string of the molecule is CC(=O)OC[C@H]1O[C@@H](n2cc3c4c(ncnc42)N(C)N=C3NC(=O)c2ccccc2)[C@H](OC(C)=O)[C@@H]1OC(C)=O. The second-order valence-electron chi connectivity index (χ2n) is 9.15. The number of ether oxygens (including phenoxy) is 4. The highest BCUT2D eigenvalue weighted by Gasteiger charge is 2.51. The van der Waals surface area contributed by atoms with E-state index in [0.717, 1.165) is 0 Å². The van der Waals surface area contributed by atoms with Gasteiger partial charge in [-0.25, -0.2) is 15.0 Å². The zero-order valence-corrected chi connectivity index (χ0v) is 22.1. The van der Waals surface area contributed by atoms with Gasteiger partial charge in [0.2, 0.25) is 0 Å². The summed E-state index contributed by atoms with van der Waals surface area (Å²) in [6, 6.07) is 8.65. The van der Waals surface area contributed by atoms with Crippen LogP contribution in [0.2, 0.25) is 0 Å². The van der Waals surface area contributed by atoms with E-state index in [1.165, 1.54) is 32.1 Å². The van der Waals surface area contributed by atoms with Gasteiger partial charge in [0.25, 0.3) is 5.91 Å². The second kappa shape index (κ2) is 10.7. The Bertz CT molecular complexity index is 1520. The standard InChI is InChI=1S/C26H26N6O8/c1-13(33)37-11-18-20(38-14(2)34)21(39-15(3)35)26(40-18)32-10-17-19-23(27-12-28-24(19)32)31(4)30-22(17)29-25(36)16-8-6-5-7-9-16/h5-10,12,18,20-21,26H,11H2,1-4H3,(H,29,30,36)/t18-,20-,21-,26-/m1/s1. The van der Waals surface area contributed by atoms with Gasteiger partial charge in [0.1, 0.15) is 24.7 Å². The van der Waals surface area contributed by atoms with Crippen molar-refractivity contribution in [3.63, 3.8) is 0 Å². The third kappa shape index (κ3) is 5.08. The normalized spacial score (nSPS) is 21.5. The molecule has 2 aliphatic rings. The number of benzene rings is 1. The molecule has 5 rings (SSSR count). The molecule has 2 aliphatic heterocycles. The highest BCUT2D eigenvalue weighted by molar-refractivity contribution is 6.20. The molecule has 40 heavy (non-hydrogen) atoms. The molecule has 1 amide bonds. The summed E-state index contributed by atoms with van der Waals surface area (Å²) in [5.41, 5.74) is 1.31. The number of carbonyl (C=O) groups excluding carboxylic acids is 4. The highest BCUT2D eigenvalue weighted by atomic mass is 16.7. The van der Waals surface area contributed by atoms with Crippen LogP contribution < -0.4 is 10.3 Å². The molecule has 2 aromatic heterocycles. The van der Waals surface area contributed by atoms with Gasteiger partial charge in [-0.3, -0.25) is 19.2 Å². The van der Waals surface area contributed by atoms with Crippen molar-refractivity contribution in [3.05, 3.63) is 54.0 Å². The van der Waals surface area contributed by atoms with E-state index in [9.17, 15) is 19.2 Å². The number of nitrogens with one attached hydrogen (secondary N) is 1. The van der Waals surface area contributed by atoms with Crippen molar-refractivity contribution in [2.24, 2.45) is 5.10 Å². The number of nitrogens with zero attached hydrogens (tertiary/aromatic N) is 5. The molecular formula is C26H26N6O8. The molecule has 14 nitrogen and oxygen atoms in total. The van der Waals surface area contributed by atoms with Crippen LogP contribution in [0.15, 0.2) is 48.0 Å². The van der Waals surface area contributed by atoms with Gasteiger partial charge >= 0.3 is 17.9 Å². The number of amidine groups is 1. The average Bonchev–Trinajstić information content (AvgIpc) is 3.45. The summed E-state index contributed by atoms with van der Waals surface area (Å²) in [5, 5.41) is 9.40. The summed E-state index contributed by atoms with van der Waals surface area (Å²) in [4.78, 5) is 57.3. The summed E-state index contributed by atoms with van der Waals surface area (Å²) in [6.07, 6.45) is -1.24. The Morgan fingerprint density at radius 3 is 2.35 bits per heavy atom. The fourth-order valence-electron chi connectivity index (χ4n) is 4.72. The number of carbonyl (C=O) groups is 4. The lowest BCUT2D eigenvalue weighted by Crippen LogP contribution is -2.40. The molecule has 0 bridgehead atoms. The lowest BCUT2D eigenvalue weighted by atomic mass is 10.1. The van der Waals surface area contributed by atoms with E-state index in [2.05, 4.69) is 20.4 Å². The van der Waals surface area contributed by atoms with Crippen LogP contribution in [-0.4, -0.2) is 76.2 Å². The van der Waals surface area contributed by atoms with Gasteiger partial charge in [-0.05, 0) is 12.1 Å². The van der Waals surface area contributed by atoms with Gasteiger partial charge in [0, 0.05) is 39.6 Å². The molecule has 4 atom stereocenters. The van der Waals surface area contributed by atoms with Crippen LogP contribution in [0.4, 0.5) is 5.82 Å². The molecule has 1 fully saturated rings. The van der Waals surface area contributed by atoms with Gasteiger partial charge < -0.3 is 28.8 Å². The Morgan fingerprint density at radius 2 is 1.68 bits per heavy atom. The molecule has 1 saturated heterocycles. The van der Waals surface area contributed by atoms with Crippen LogP contribution in [0.5, 0.6) is 0 Å². The fourth-order valence-corrected chi connectivity index (χ4v) is 4.72. The maximum atomic E-state index is 13.0. The lowest BCUT2D eigenvalue weighted by molar-refractivity contribution is -0.166. The van der Waals surface area contributed by atoms with Gasteiger partial charge in [-0.15, -0.1) is 0 Å². The van der Waals surface area contributed by atoms with Crippen molar-refractivity contribution in [2.45, 2.75) is 45.3 Å². The third-order valence-electron chi connectivity index (χ3n) is 6.28. The third-order valence-corrected chi connectivity index (χ3v) is 6.28. The first-order valence-corrected chi connectivity index (χ1v) is 12.3. The van der Waals surface area contributed by atoms with Gasteiger partial charge in [0.15, 0.2) is 30.1 Å². The molecule has 0 unspecified atom stereocenters. The summed E-state index contributed by atoms with van der Waals surface area (Å²) < 4.78 is 24.0. The fraction of sp³-hybridized carbons (Fsp3) is 0.346. The monoisotopic (exact) mass is 550 g/mol. The molecule has 0 radical (unpaired) electrons. The Labute approximate surface area is 227 Å². The number of rotatable bonds is 6. The van der Waals surface area contributed by atoms with E-state index < -0.39 is 42.4 Å². The molecule has 0 saturated carbocycles. The first-order valence-electron chi connectivity index (χ1n) is 12.3. The van der Waals surface area contributed by atoms with Crippen LogP contribution in [0.25, 0.3) is 11.0 Å². The summed E-state index contributed by atoms with van der Waals surface area (Å²) >= 11 is 0. The number of anilines is 1. The maximum absolute atomic E-state index is 13.0. The van der Waals surface area contributed by atoms with E-state index in [-0.39, 0.29) is 18.3 Å². The molecule has 3 aromatic rings. The predicted octanol–water partition coefficient (Wildman–Crippen LogP) is 1.30. The van der Waals surface area contributed by atoms with Crippen molar-refractivity contribution >= 4 is 46.5 Å². The number of hydrogen-bond acceptors (Lipinski definition) is 12. The largest absolute Gasteiger partial charge is 0.463 e. The lowest BCUT2D eigenvalue weighted by Gasteiger charge is -2.24. The second-order valence-corrected chi connectivity index (χ2v) is 9.15. The van der Waals surface area contributed by atoms with E-state index in [0.29, 0.717) is 28.0 Å². The Kier molecular flexibility index (Phi) is 7.17. The number of hydrogen-bond donors (Lipinski definition) is 1. The number of hydrazone groups is 1. The van der Waals surface area contributed by atoms with Crippen LogP contribution in [0.1, 0.15) is 42.9 Å². The van der Waals surface area contributed by atoms with Crippen LogP contribution in [0, 0.1) is 0 Å². The number of aromatic nitrogens is 3. The minimum atomic E-state index is -1.12. The van der Waals surface area contributed by atoms with E-state index in [1.54, 1.807) is 48.1 Å². The Balaban J connectivity index is 1.58. The first kappa shape index (κ1) is 26.7. The number of esters is 3. The quantitative estimate of drug-likeness (QED) is 0.347. The Hall–Kier alpha value is -4.85. The molecule has 1 N–H and O–H groups in total. The molecule has 14 heteroatoms. The van der Waals surface area contributed by atoms with E-state index >= 15 is 0 Å². The van der Waals surface area contributed by atoms with E-state index in [4.69, 9.17) is 18.9 Å². The van der Waals surface area contributed by atoms with Crippen molar-refractivity contribution in [2.75, 3.05) is 18.7 Å². The Morgan fingerprint density at radius 1 is 0.975 bits per heavy atom. The van der Waals surface area contributed by atoms with Crippen molar-refractivity contribution in [1.29, 1.82) is 0 Å². The minimum absolute atomic E-state index is 0.234. The average molecular weight is 551 g/mol. The smallest absolute Gasteiger partial charge is 0.303 e.